The molecule has 1 unspecified atom stereocenters. The van der Waals surface area contributed by atoms with Crippen LogP contribution in [0.1, 0.15) is 54.6 Å². The van der Waals surface area contributed by atoms with Crippen LogP contribution in [-0.2, 0) is 4.79 Å². The van der Waals surface area contributed by atoms with Crippen molar-refractivity contribution in [2.24, 2.45) is 0 Å². The highest BCUT2D eigenvalue weighted by atomic mass is 79.9. The number of benzene rings is 3. The maximum atomic E-state index is 13.3. The van der Waals surface area contributed by atoms with Gasteiger partial charge in [0.1, 0.15) is 6.04 Å². The van der Waals surface area contributed by atoms with Crippen molar-refractivity contribution in [3.8, 4) is 0 Å². The largest absolute Gasteiger partial charge is 1.00 e. The summed E-state index contributed by atoms with van der Waals surface area (Å²) in [5.41, 5.74) is 3.59. The molecule has 0 aliphatic carbocycles. The van der Waals surface area contributed by atoms with Gasteiger partial charge in [-0.1, -0.05) is 54.1 Å². The van der Waals surface area contributed by atoms with Crippen molar-refractivity contribution in [1.82, 2.24) is 0 Å². The Balaban J connectivity index is 0.00000324. The lowest BCUT2D eigenvalue weighted by Crippen LogP contribution is -3.00. The summed E-state index contributed by atoms with van der Waals surface area (Å²) < 4.78 is 0. The number of hydrogen-bond acceptors (Lipinski definition) is 2. The molecule has 0 bridgehead atoms. The molecule has 5 nitrogen and oxygen atoms in total. The molecule has 0 saturated carbocycles. The Kier molecular flexibility index (Phi) is 9.28. The van der Waals surface area contributed by atoms with Gasteiger partial charge in [-0.2, -0.15) is 0 Å². The van der Waals surface area contributed by atoms with E-state index in [9.17, 15) is 9.59 Å². The molecule has 34 heavy (non-hydrogen) atoms. The lowest BCUT2D eigenvalue weighted by Gasteiger charge is -2.24. The predicted octanol–water partition coefficient (Wildman–Crippen LogP) is 2.46. The van der Waals surface area contributed by atoms with Gasteiger partial charge in [0.05, 0.1) is 29.2 Å². The molecule has 1 atom stereocenters. The Morgan fingerprint density at radius 3 is 2.50 bits per heavy atom. The third-order valence-electron chi connectivity index (χ3n) is 6.03. The summed E-state index contributed by atoms with van der Waals surface area (Å²) in [5, 5.41) is 5.75. The Hall–Kier alpha value is -2.67. The zero-order chi connectivity index (χ0) is 23.2. The minimum Gasteiger partial charge on any atom is -1.00 e. The fraction of sp³-hybridized carbons (Fsp3) is 0.259. The zero-order valence-electron chi connectivity index (χ0n) is 19.1. The molecule has 2 amide bonds. The number of halogens is 2. The standard InChI is InChI=1S/C27H28ClN3O2.BrH/c1-19(20-10-4-2-5-11-20)29-17-9-3-6-14-26(32)31-24-13-8-7-12-22(24)27(33)30-23-18-21(28)15-16-25(23)31;/h2,4-5,7-8,10-13,15-16,18-19,29H,3,6,9,14,17H2,1H3,(H,30,33);1H. The number of nitrogens with zero attached hydrogens (tertiary/aromatic N) is 1. The number of quaternary nitrogens is 1. The number of carbonyl (C=O) groups excluding carboxylic acids is 2. The van der Waals surface area contributed by atoms with Crippen LogP contribution in [0.2, 0.25) is 5.02 Å². The number of nitrogens with one attached hydrogen (secondary N) is 1. The first-order chi connectivity index (χ1) is 16.0. The summed E-state index contributed by atoms with van der Waals surface area (Å²) in [4.78, 5) is 27.7. The molecular weight excluding hydrogens is 514 g/mol. The first kappa shape index (κ1) is 25.9. The van der Waals surface area contributed by atoms with Gasteiger partial charge in [0.25, 0.3) is 5.91 Å². The van der Waals surface area contributed by atoms with E-state index in [1.54, 1.807) is 35.2 Å². The molecule has 1 aliphatic heterocycles. The van der Waals surface area contributed by atoms with Crippen LogP contribution >= 0.6 is 11.6 Å². The van der Waals surface area contributed by atoms with E-state index in [4.69, 9.17) is 11.6 Å². The molecule has 0 saturated heterocycles. The van der Waals surface area contributed by atoms with E-state index in [2.05, 4.69) is 41.8 Å². The summed E-state index contributed by atoms with van der Waals surface area (Å²) in [6, 6.07) is 23.3. The molecule has 3 N–H and O–H groups in total. The van der Waals surface area contributed by atoms with Crippen molar-refractivity contribution in [2.45, 2.75) is 38.6 Å². The van der Waals surface area contributed by atoms with E-state index in [1.807, 2.05) is 18.2 Å². The van der Waals surface area contributed by atoms with Crippen molar-refractivity contribution in [3.63, 3.8) is 0 Å². The van der Waals surface area contributed by atoms with E-state index in [-0.39, 0.29) is 28.8 Å². The van der Waals surface area contributed by atoms with Crippen LogP contribution < -0.4 is 32.5 Å². The van der Waals surface area contributed by atoms with Crippen LogP contribution in [0.15, 0.2) is 72.8 Å². The average Bonchev–Trinajstić information content (AvgIpc) is 2.95. The first-order valence-corrected chi connectivity index (χ1v) is 11.8. The zero-order valence-corrected chi connectivity index (χ0v) is 21.5. The van der Waals surface area contributed by atoms with Crippen LogP contribution in [0, 0.1) is 0 Å². The molecular formula is C27H29BrClN3O2. The SMILES string of the molecule is CC([NH2+]CCCCCC(=O)N1c2ccc(Cl)cc2NC(=O)c2ccccc21)c1ccccc1.[Br-]. The Labute approximate surface area is 216 Å². The first-order valence-electron chi connectivity index (χ1n) is 11.5. The highest BCUT2D eigenvalue weighted by molar-refractivity contribution is 6.31. The van der Waals surface area contributed by atoms with E-state index in [1.165, 1.54) is 5.56 Å². The highest BCUT2D eigenvalue weighted by Gasteiger charge is 2.29. The summed E-state index contributed by atoms with van der Waals surface area (Å²) in [5.74, 6) is -0.267. The van der Waals surface area contributed by atoms with Crippen molar-refractivity contribution < 1.29 is 31.9 Å². The van der Waals surface area contributed by atoms with Gasteiger partial charge in [-0.3, -0.25) is 14.5 Å². The number of fused-ring (bicyclic) bond motifs is 2. The second kappa shape index (κ2) is 12.2. The van der Waals surface area contributed by atoms with Gasteiger partial charge in [-0.25, -0.2) is 0 Å². The third kappa shape index (κ3) is 6.06. The molecule has 1 aliphatic rings. The number of para-hydroxylation sites is 1. The third-order valence-corrected chi connectivity index (χ3v) is 6.26. The molecule has 4 rings (SSSR count). The number of rotatable bonds is 8. The van der Waals surface area contributed by atoms with Crippen LogP contribution in [0.5, 0.6) is 0 Å². The molecule has 1 heterocycles. The van der Waals surface area contributed by atoms with E-state index < -0.39 is 0 Å². The average molecular weight is 543 g/mol. The van der Waals surface area contributed by atoms with E-state index in [0.29, 0.717) is 40.1 Å². The Bertz CT molecular complexity index is 1140. The number of unbranched alkanes of at least 4 members (excludes halogenated alkanes) is 2. The topological polar surface area (TPSA) is 66.0 Å². The molecule has 3 aromatic rings. The summed E-state index contributed by atoms with van der Waals surface area (Å²) in [6.45, 7) is 3.24. The van der Waals surface area contributed by atoms with Crippen LogP contribution in [0.3, 0.4) is 0 Å². The van der Waals surface area contributed by atoms with Gasteiger partial charge in [-0.05, 0) is 56.5 Å². The smallest absolute Gasteiger partial charge is 0.257 e. The van der Waals surface area contributed by atoms with Crippen LogP contribution in [0.25, 0.3) is 0 Å². The molecule has 0 radical (unpaired) electrons. The predicted molar refractivity (Wildman–Crippen MR) is 133 cm³/mol. The lowest BCUT2D eigenvalue weighted by atomic mass is 10.1. The van der Waals surface area contributed by atoms with Gasteiger partial charge in [0, 0.05) is 17.0 Å². The molecule has 178 valence electrons. The molecule has 3 aromatic carbocycles. The van der Waals surface area contributed by atoms with Crippen LogP contribution in [-0.4, -0.2) is 18.4 Å². The quantitative estimate of drug-likeness (QED) is 0.430. The Morgan fingerprint density at radius 1 is 0.971 bits per heavy atom. The summed E-state index contributed by atoms with van der Waals surface area (Å²) >= 11 is 6.15. The summed E-state index contributed by atoms with van der Waals surface area (Å²) in [6.07, 6.45) is 3.24. The van der Waals surface area contributed by atoms with E-state index >= 15 is 0 Å². The van der Waals surface area contributed by atoms with E-state index in [0.717, 1.165) is 25.8 Å². The second-order valence-corrected chi connectivity index (χ2v) is 8.83. The van der Waals surface area contributed by atoms with Gasteiger partial charge in [0.2, 0.25) is 5.91 Å². The van der Waals surface area contributed by atoms with Gasteiger partial charge in [0.15, 0.2) is 0 Å². The molecule has 0 fully saturated rings. The number of hydrogen-bond donors (Lipinski definition) is 2. The maximum Gasteiger partial charge on any atom is 0.257 e. The second-order valence-electron chi connectivity index (χ2n) is 8.40. The number of anilines is 3. The van der Waals surface area contributed by atoms with Gasteiger partial charge in [-0.15, -0.1) is 0 Å². The monoisotopic (exact) mass is 541 g/mol. The number of nitrogens with two attached hydrogens (primary N) is 1. The number of carbonyl (C=O) groups is 2. The fourth-order valence-electron chi connectivity index (χ4n) is 4.22. The van der Waals surface area contributed by atoms with Gasteiger partial charge < -0.3 is 27.6 Å². The van der Waals surface area contributed by atoms with Gasteiger partial charge >= 0.3 is 0 Å². The molecule has 0 spiro atoms. The highest BCUT2D eigenvalue weighted by Crippen LogP contribution is 2.39. The van der Waals surface area contributed by atoms with Crippen molar-refractivity contribution in [1.29, 1.82) is 0 Å². The molecule has 7 heteroatoms. The minimum atomic E-state index is -0.243. The van der Waals surface area contributed by atoms with Crippen molar-refractivity contribution in [2.75, 3.05) is 16.8 Å². The molecule has 0 aromatic heterocycles. The van der Waals surface area contributed by atoms with Crippen LogP contribution in [0.4, 0.5) is 17.1 Å². The maximum absolute atomic E-state index is 13.3. The minimum absolute atomic E-state index is 0. The van der Waals surface area contributed by atoms with Crippen molar-refractivity contribution >= 4 is 40.5 Å². The Morgan fingerprint density at radius 2 is 1.71 bits per heavy atom. The normalized spacial score (nSPS) is 13.1. The number of amides is 2. The fourth-order valence-corrected chi connectivity index (χ4v) is 4.39. The lowest BCUT2D eigenvalue weighted by molar-refractivity contribution is -0.693. The van der Waals surface area contributed by atoms with Crippen molar-refractivity contribution in [3.05, 3.63) is 88.9 Å². The summed E-state index contributed by atoms with van der Waals surface area (Å²) in [7, 11) is 0.